The topological polar surface area (TPSA) is 84.5 Å². The van der Waals surface area contributed by atoms with Gasteiger partial charge in [0.15, 0.2) is 0 Å². The third kappa shape index (κ3) is 3.07. The van der Waals surface area contributed by atoms with Gasteiger partial charge < -0.3 is 10.2 Å². The minimum absolute atomic E-state index is 0.0313. The summed E-state index contributed by atoms with van der Waals surface area (Å²) in [6.07, 6.45) is 1.31. The first-order chi connectivity index (χ1) is 13.5. The monoisotopic (exact) mass is 372 g/mol. The summed E-state index contributed by atoms with van der Waals surface area (Å²) >= 11 is 0. The molecule has 0 aliphatic rings. The van der Waals surface area contributed by atoms with Gasteiger partial charge in [-0.25, -0.2) is 14.2 Å². The van der Waals surface area contributed by atoms with Crippen molar-refractivity contribution in [2.75, 3.05) is 0 Å². The Hall–Kier alpha value is -4.06. The molecule has 138 valence electrons. The molecule has 0 radical (unpaired) electrons. The van der Waals surface area contributed by atoms with Gasteiger partial charge in [0, 0.05) is 0 Å². The summed E-state index contributed by atoms with van der Waals surface area (Å²) in [6, 6.07) is 23.1. The van der Waals surface area contributed by atoms with Crippen LogP contribution in [0.1, 0.15) is 10.4 Å². The highest BCUT2D eigenvalue weighted by Crippen LogP contribution is 2.22. The normalized spacial score (nSPS) is 10.7. The van der Waals surface area contributed by atoms with Gasteiger partial charge in [0.1, 0.15) is 0 Å². The molecule has 28 heavy (non-hydrogen) atoms. The third-order valence-corrected chi connectivity index (χ3v) is 4.47. The maximum atomic E-state index is 12.8. The molecule has 0 saturated heterocycles. The average Bonchev–Trinajstić information content (AvgIpc) is 3.03. The van der Waals surface area contributed by atoms with E-state index in [4.69, 9.17) is 5.11 Å². The van der Waals surface area contributed by atoms with Crippen LogP contribution in [0.25, 0.3) is 22.5 Å². The highest BCUT2D eigenvalue weighted by molar-refractivity contribution is 5.88. The molecule has 0 amide bonds. The molecular formula is C22H16N2O4. The lowest BCUT2D eigenvalue weighted by Gasteiger charge is -2.05. The van der Waals surface area contributed by atoms with Gasteiger partial charge in [-0.2, -0.15) is 0 Å². The lowest BCUT2D eigenvalue weighted by Crippen LogP contribution is -2.22. The van der Waals surface area contributed by atoms with E-state index in [0.29, 0.717) is 5.69 Å². The zero-order valence-corrected chi connectivity index (χ0v) is 14.7. The number of rotatable bonds is 4. The van der Waals surface area contributed by atoms with E-state index in [-0.39, 0.29) is 17.1 Å². The summed E-state index contributed by atoms with van der Waals surface area (Å²) in [5.74, 6) is -1.38. The number of aromatic nitrogens is 2. The van der Waals surface area contributed by atoms with Crippen molar-refractivity contribution in [2.24, 2.45) is 0 Å². The van der Waals surface area contributed by atoms with Crippen molar-refractivity contribution >= 4 is 5.97 Å². The minimum Gasteiger partial charge on any atom is -0.493 e. The number of aromatic hydroxyl groups is 1. The molecule has 0 saturated carbocycles. The second-order valence-corrected chi connectivity index (χ2v) is 6.24. The van der Waals surface area contributed by atoms with Crippen molar-refractivity contribution in [1.29, 1.82) is 0 Å². The van der Waals surface area contributed by atoms with E-state index in [1.807, 2.05) is 42.5 Å². The Morgan fingerprint density at radius 3 is 2.14 bits per heavy atom. The molecule has 3 aromatic carbocycles. The quantitative estimate of drug-likeness (QED) is 0.572. The molecule has 4 aromatic rings. The second-order valence-electron chi connectivity index (χ2n) is 6.24. The molecule has 1 aromatic heterocycles. The van der Waals surface area contributed by atoms with Gasteiger partial charge in [-0.15, -0.1) is 0 Å². The SMILES string of the molecule is O=C(O)c1cccc(-n2c(O)cn(-c3ccc(-c4ccccc4)cc3)c2=O)c1. The van der Waals surface area contributed by atoms with Crippen LogP contribution >= 0.6 is 0 Å². The van der Waals surface area contributed by atoms with Gasteiger partial charge in [-0.3, -0.25) is 4.57 Å². The smallest absolute Gasteiger partial charge is 0.340 e. The number of imidazole rings is 1. The minimum atomic E-state index is -1.11. The summed E-state index contributed by atoms with van der Waals surface area (Å²) in [6.45, 7) is 0. The van der Waals surface area contributed by atoms with Gasteiger partial charge in [-0.05, 0) is 41.5 Å². The fraction of sp³-hybridized carbons (Fsp3) is 0. The van der Waals surface area contributed by atoms with E-state index in [1.54, 1.807) is 18.2 Å². The summed E-state index contributed by atoms with van der Waals surface area (Å²) in [7, 11) is 0. The average molecular weight is 372 g/mol. The first kappa shape index (κ1) is 17.4. The Morgan fingerprint density at radius 2 is 1.46 bits per heavy atom. The van der Waals surface area contributed by atoms with Crippen molar-refractivity contribution in [1.82, 2.24) is 9.13 Å². The van der Waals surface area contributed by atoms with Gasteiger partial charge in [0.2, 0.25) is 5.88 Å². The molecule has 2 N–H and O–H groups in total. The van der Waals surface area contributed by atoms with E-state index in [9.17, 15) is 14.7 Å². The van der Waals surface area contributed by atoms with Crippen LogP contribution in [0.4, 0.5) is 0 Å². The summed E-state index contributed by atoms with van der Waals surface area (Å²) in [5, 5.41) is 19.4. The van der Waals surface area contributed by atoms with E-state index in [2.05, 4.69) is 0 Å². The second kappa shape index (κ2) is 6.92. The third-order valence-electron chi connectivity index (χ3n) is 4.47. The van der Waals surface area contributed by atoms with E-state index >= 15 is 0 Å². The van der Waals surface area contributed by atoms with Crippen LogP contribution in [0, 0.1) is 0 Å². The van der Waals surface area contributed by atoms with Crippen LogP contribution in [0.3, 0.4) is 0 Å². The fourth-order valence-electron chi connectivity index (χ4n) is 3.08. The lowest BCUT2D eigenvalue weighted by atomic mass is 10.1. The number of hydrogen-bond donors (Lipinski definition) is 2. The summed E-state index contributed by atoms with van der Waals surface area (Å²) in [5.41, 5.74) is 2.48. The van der Waals surface area contributed by atoms with Gasteiger partial charge in [0.25, 0.3) is 0 Å². The molecule has 0 fully saturated rings. The number of aromatic carboxylic acids is 1. The van der Waals surface area contributed by atoms with Gasteiger partial charge in [-0.1, -0.05) is 48.5 Å². The van der Waals surface area contributed by atoms with Crippen LogP contribution < -0.4 is 5.69 Å². The number of carbonyl (C=O) groups is 1. The highest BCUT2D eigenvalue weighted by Gasteiger charge is 2.15. The number of hydrogen-bond acceptors (Lipinski definition) is 3. The Balaban J connectivity index is 1.75. The fourth-order valence-corrected chi connectivity index (χ4v) is 3.08. The largest absolute Gasteiger partial charge is 0.493 e. The Bertz CT molecular complexity index is 1210. The van der Waals surface area contributed by atoms with Crippen LogP contribution in [-0.2, 0) is 0 Å². The molecule has 6 nitrogen and oxygen atoms in total. The predicted octanol–water partition coefficient (Wildman–Crippen LogP) is 3.70. The summed E-state index contributed by atoms with van der Waals surface area (Å²) in [4.78, 5) is 24.0. The Kier molecular flexibility index (Phi) is 4.29. The van der Waals surface area contributed by atoms with Crippen molar-refractivity contribution in [2.45, 2.75) is 0 Å². The number of carboxylic acid groups (broad SMARTS) is 1. The highest BCUT2D eigenvalue weighted by atomic mass is 16.4. The predicted molar refractivity (Wildman–Crippen MR) is 105 cm³/mol. The first-order valence-electron chi connectivity index (χ1n) is 8.57. The first-order valence-corrected chi connectivity index (χ1v) is 8.57. The summed E-state index contributed by atoms with van der Waals surface area (Å²) < 4.78 is 2.38. The molecule has 0 aliphatic carbocycles. The molecule has 0 spiro atoms. The maximum Gasteiger partial charge on any atom is 0.340 e. The molecule has 1 heterocycles. The van der Waals surface area contributed by atoms with Crippen molar-refractivity contribution in [3.8, 4) is 28.4 Å². The van der Waals surface area contributed by atoms with Crippen LogP contribution in [0.2, 0.25) is 0 Å². The maximum absolute atomic E-state index is 12.8. The molecule has 0 bridgehead atoms. The molecule has 0 unspecified atom stereocenters. The van der Waals surface area contributed by atoms with Crippen LogP contribution in [0.15, 0.2) is 89.9 Å². The lowest BCUT2D eigenvalue weighted by molar-refractivity contribution is 0.0697. The number of nitrogens with zero attached hydrogens (tertiary/aromatic N) is 2. The standard InChI is InChI=1S/C22H16N2O4/c25-20-14-23(18-11-9-16(10-12-18)15-5-2-1-3-6-15)22(28)24(20)19-8-4-7-17(13-19)21(26)27/h1-14,25H,(H,26,27). The zero-order valence-electron chi connectivity index (χ0n) is 14.7. The number of benzene rings is 3. The van der Waals surface area contributed by atoms with Gasteiger partial charge >= 0.3 is 11.7 Å². The molecule has 6 heteroatoms. The Morgan fingerprint density at radius 1 is 0.786 bits per heavy atom. The number of carboxylic acids is 1. The van der Waals surface area contributed by atoms with Crippen LogP contribution in [0.5, 0.6) is 5.88 Å². The molecule has 0 aliphatic heterocycles. The Labute approximate surface area is 160 Å². The van der Waals surface area contributed by atoms with Crippen molar-refractivity contribution < 1.29 is 15.0 Å². The van der Waals surface area contributed by atoms with E-state index < -0.39 is 11.7 Å². The molecular weight excluding hydrogens is 356 g/mol. The van der Waals surface area contributed by atoms with E-state index in [0.717, 1.165) is 15.7 Å². The van der Waals surface area contributed by atoms with Crippen molar-refractivity contribution in [3.63, 3.8) is 0 Å². The molecule has 0 atom stereocenters. The zero-order chi connectivity index (χ0) is 19.7. The van der Waals surface area contributed by atoms with Crippen LogP contribution in [-0.4, -0.2) is 25.3 Å². The van der Waals surface area contributed by atoms with E-state index in [1.165, 1.54) is 29.0 Å². The molecule has 4 rings (SSSR count). The van der Waals surface area contributed by atoms with Gasteiger partial charge in [0.05, 0.1) is 23.1 Å². The van der Waals surface area contributed by atoms with Crippen molar-refractivity contribution in [3.05, 3.63) is 101 Å².